The molecule has 0 aromatic carbocycles. The van der Waals surface area contributed by atoms with Crippen molar-refractivity contribution in [1.29, 1.82) is 0 Å². The topological polar surface area (TPSA) is 75.6 Å². The summed E-state index contributed by atoms with van der Waals surface area (Å²) >= 11 is 0. The third-order valence-electron chi connectivity index (χ3n) is 4.59. The van der Waals surface area contributed by atoms with Gasteiger partial charge in [0, 0.05) is 6.54 Å². The van der Waals surface area contributed by atoms with Crippen molar-refractivity contribution in [3.05, 3.63) is 12.7 Å². The number of ether oxygens (including phenoxy) is 1. The molecule has 3 aliphatic carbocycles. The van der Waals surface area contributed by atoms with Gasteiger partial charge in [0.1, 0.15) is 6.61 Å². The first kappa shape index (κ1) is 13.9. The van der Waals surface area contributed by atoms with Gasteiger partial charge in [-0.1, -0.05) is 25.5 Å². The maximum atomic E-state index is 11.7. The monoisotopic (exact) mass is 267 g/mol. The number of carbonyl (C=O) groups is 2. The lowest BCUT2D eigenvalue weighted by atomic mass is 9.56. The van der Waals surface area contributed by atoms with Crippen molar-refractivity contribution >= 4 is 12.1 Å². The summed E-state index contributed by atoms with van der Waals surface area (Å²) in [5.74, 6) is -0.118. The highest BCUT2D eigenvalue weighted by molar-refractivity contribution is 5.77. The SMILES string of the molecule is C=CCOC(=O)NCC1(C(=O)O)CC2CCC1CC2. The summed E-state index contributed by atoms with van der Waals surface area (Å²) in [5.41, 5.74) is -0.797. The fourth-order valence-corrected chi connectivity index (χ4v) is 3.57. The van der Waals surface area contributed by atoms with Gasteiger partial charge in [-0.3, -0.25) is 4.79 Å². The van der Waals surface area contributed by atoms with E-state index >= 15 is 0 Å². The molecule has 3 aliphatic rings. The summed E-state index contributed by atoms with van der Waals surface area (Å²) < 4.78 is 4.83. The summed E-state index contributed by atoms with van der Waals surface area (Å²) in [6, 6.07) is 0. The minimum Gasteiger partial charge on any atom is -0.481 e. The highest BCUT2D eigenvalue weighted by Gasteiger charge is 2.52. The quantitative estimate of drug-likeness (QED) is 0.749. The van der Waals surface area contributed by atoms with E-state index in [0.29, 0.717) is 12.3 Å². The normalized spacial score (nSPS) is 32.6. The Bertz CT molecular complexity index is 374. The predicted octanol–water partition coefficient (Wildman–Crippen LogP) is 2.18. The first-order valence-corrected chi connectivity index (χ1v) is 6.83. The number of fused-ring (bicyclic) bond motifs is 3. The molecular weight excluding hydrogens is 246 g/mol. The molecule has 0 aliphatic heterocycles. The first-order valence-electron chi connectivity index (χ1n) is 6.83. The maximum Gasteiger partial charge on any atom is 0.407 e. The summed E-state index contributed by atoms with van der Waals surface area (Å²) in [5, 5.41) is 12.2. The van der Waals surface area contributed by atoms with Gasteiger partial charge >= 0.3 is 12.1 Å². The molecule has 3 fully saturated rings. The Balaban J connectivity index is 1.99. The Morgan fingerprint density at radius 2 is 2.05 bits per heavy atom. The summed E-state index contributed by atoms with van der Waals surface area (Å²) in [6.45, 7) is 3.76. The molecule has 0 aromatic heterocycles. The molecule has 0 spiro atoms. The van der Waals surface area contributed by atoms with Crippen LogP contribution in [0.15, 0.2) is 12.7 Å². The molecule has 3 saturated carbocycles. The van der Waals surface area contributed by atoms with Crippen molar-refractivity contribution < 1.29 is 19.4 Å². The van der Waals surface area contributed by atoms with Crippen LogP contribution in [-0.4, -0.2) is 30.3 Å². The van der Waals surface area contributed by atoms with Crippen LogP contribution in [0, 0.1) is 17.3 Å². The predicted molar refractivity (Wildman–Crippen MR) is 69.7 cm³/mol. The number of carboxylic acids is 1. The number of nitrogens with one attached hydrogen (secondary N) is 1. The van der Waals surface area contributed by atoms with E-state index in [0.717, 1.165) is 25.7 Å². The number of carbonyl (C=O) groups excluding carboxylic acids is 1. The molecule has 2 bridgehead atoms. The number of amides is 1. The van der Waals surface area contributed by atoms with Gasteiger partial charge in [-0.05, 0) is 31.1 Å². The molecule has 0 saturated heterocycles. The highest BCUT2D eigenvalue weighted by Crippen LogP contribution is 2.52. The highest BCUT2D eigenvalue weighted by atomic mass is 16.5. The second-order valence-corrected chi connectivity index (χ2v) is 5.62. The molecule has 19 heavy (non-hydrogen) atoms. The van der Waals surface area contributed by atoms with E-state index in [4.69, 9.17) is 4.74 Å². The standard InChI is InChI=1S/C14H21NO4/c1-2-7-19-13(18)15-9-14(12(16)17)8-10-3-5-11(14)6-4-10/h2,10-11H,1,3-9H2,(H,15,18)(H,16,17). The number of carboxylic acid groups (broad SMARTS) is 1. The fourth-order valence-electron chi connectivity index (χ4n) is 3.57. The van der Waals surface area contributed by atoms with Crippen LogP contribution in [0.2, 0.25) is 0 Å². The number of rotatable bonds is 5. The van der Waals surface area contributed by atoms with E-state index in [2.05, 4.69) is 11.9 Å². The molecule has 1 unspecified atom stereocenters. The van der Waals surface area contributed by atoms with Crippen molar-refractivity contribution in [3.8, 4) is 0 Å². The lowest BCUT2D eigenvalue weighted by Gasteiger charge is -2.49. The zero-order chi connectivity index (χ0) is 13.9. The number of hydrogen-bond acceptors (Lipinski definition) is 3. The van der Waals surface area contributed by atoms with E-state index in [1.807, 2.05) is 0 Å². The Morgan fingerprint density at radius 3 is 2.53 bits per heavy atom. The third kappa shape index (κ3) is 2.74. The average Bonchev–Trinajstić information content (AvgIpc) is 2.44. The largest absolute Gasteiger partial charge is 0.481 e. The Labute approximate surface area is 113 Å². The van der Waals surface area contributed by atoms with Gasteiger partial charge in [-0.15, -0.1) is 0 Å². The van der Waals surface area contributed by atoms with Crippen LogP contribution in [0.1, 0.15) is 32.1 Å². The molecule has 5 nitrogen and oxygen atoms in total. The third-order valence-corrected chi connectivity index (χ3v) is 4.59. The molecule has 106 valence electrons. The van der Waals surface area contributed by atoms with Crippen molar-refractivity contribution in [2.75, 3.05) is 13.2 Å². The molecular formula is C14H21NO4. The van der Waals surface area contributed by atoms with Crippen molar-refractivity contribution in [2.24, 2.45) is 17.3 Å². The Kier molecular flexibility index (Phi) is 4.12. The lowest BCUT2D eigenvalue weighted by Crippen LogP contribution is -2.53. The average molecular weight is 267 g/mol. The Morgan fingerprint density at radius 1 is 1.37 bits per heavy atom. The van der Waals surface area contributed by atoms with Crippen LogP contribution < -0.4 is 5.32 Å². The minimum atomic E-state index is -0.797. The van der Waals surface area contributed by atoms with E-state index < -0.39 is 17.5 Å². The number of aliphatic carboxylic acids is 1. The molecule has 1 atom stereocenters. The van der Waals surface area contributed by atoms with Crippen LogP contribution in [0.3, 0.4) is 0 Å². The van der Waals surface area contributed by atoms with Gasteiger partial charge in [-0.25, -0.2) is 4.79 Å². The maximum absolute atomic E-state index is 11.7. The van der Waals surface area contributed by atoms with Gasteiger partial charge in [-0.2, -0.15) is 0 Å². The van der Waals surface area contributed by atoms with Crippen LogP contribution in [-0.2, 0) is 9.53 Å². The van der Waals surface area contributed by atoms with E-state index in [1.165, 1.54) is 6.08 Å². The molecule has 1 amide bonds. The van der Waals surface area contributed by atoms with E-state index in [9.17, 15) is 14.7 Å². The van der Waals surface area contributed by atoms with Crippen LogP contribution in [0.25, 0.3) is 0 Å². The summed E-state index contributed by atoms with van der Waals surface area (Å²) in [4.78, 5) is 23.1. The molecule has 2 N–H and O–H groups in total. The second-order valence-electron chi connectivity index (χ2n) is 5.62. The van der Waals surface area contributed by atoms with Crippen LogP contribution in [0.4, 0.5) is 4.79 Å². The zero-order valence-electron chi connectivity index (χ0n) is 11.1. The lowest BCUT2D eigenvalue weighted by molar-refractivity contribution is -0.160. The van der Waals surface area contributed by atoms with Crippen molar-refractivity contribution in [3.63, 3.8) is 0 Å². The van der Waals surface area contributed by atoms with E-state index in [-0.39, 0.29) is 19.1 Å². The van der Waals surface area contributed by atoms with Crippen LogP contribution >= 0.6 is 0 Å². The van der Waals surface area contributed by atoms with Crippen molar-refractivity contribution in [1.82, 2.24) is 5.32 Å². The molecule has 3 rings (SSSR count). The van der Waals surface area contributed by atoms with Crippen molar-refractivity contribution in [2.45, 2.75) is 32.1 Å². The van der Waals surface area contributed by atoms with E-state index in [1.54, 1.807) is 0 Å². The molecule has 0 heterocycles. The molecule has 0 aromatic rings. The van der Waals surface area contributed by atoms with Gasteiger partial charge in [0.25, 0.3) is 0 Å². The number of hydrogen-bond donors (Lipinski definition) is 2. The number of alkyl carbamates (subject to hydrolysis) is 1. The summed E-state index contributed by atoms with van der Waals surface area (Å²) in [7, 11) is 0. The fraction of sp³-hybridized carbons (Fsp3) is 0.714. The molecule has 5 heteroatoms. The van der Waals surface area contributed by atoms with Crippen LogP contribution in [0.5, 0.6) is 0 Å². The van der Waals surface area contributed by atoms with Gasteiger partial charge in [0.15, 0.2) is 0 Å². The zero-order valence-corrected chi connectivity index (χ0v) is 11.1. The van der Waals surface area contributed by atoms with Gasteiger partial charge in [0.2, 0.25) is 0 Å². The van der Waals surface area contributed by atoms with Gasteiger partial charge < -0.3 is 15.2 Å². The smallest absolute Gasteiger partial charge is 0.407 e. The summed E-state index contributed by atoms with van der Waals surface area (Å²) in [6.07, 6.45) is 5.76. The Hall–Kier alpha value is -1.52. The minimum absolute atomic E-state index is 0.137. The second kappa shape index (κ2) is 5.63. The van der Waals surface area contributed by atoms with Gasteiger partial charge in [0.05, 0.1) is 5.41 Å². The molecule has 0 radical (unpaired) electrons. The first-order chi connectivity index (χ1) is 9.08.